The Hall–Kier alpha value is -2.69. The van der Waals surface area contributed by atoms with Gasteiger partial charge in [-0.25, -0.2) is 4.79 Å². The van der Waals surface area contributed by atoms with Crippen LogP contribution in [0.3, 0.4) is 0 Å². The van der Waals surface area contributed by atoms with Crippen molar-refractivity contribution in [3.8, 4) is 0 Å². The Bertz CT molecular complexity index is 698. The molecular weight excluding hydrogens is 406 g/mol. The van der Waals surface area contributed by atoms with E-state index in [0.29, 0.717) is 25.8 Å². The summed E-state index contributed by atoms with van der Waals surface area (Å²) in [5.41, 5.74) is 11.0. The highest BCUT2D eigenvalue weighted by Gasteiger charge is 2.40. The Morgan fingerprint density at radius 2 is 1.74 bits per heavy atom. The van der Waals surface area contributed by atoms with Crippen molar-refractivity contribution >= 4 is 29.6 Å². The summed E-state index contributed by atoms with van der Waals surface area (Å²) in [5.74, 6) is -4.13. The summed E-state index contributed by atoms with van der Waals surface area (Å²) in [6, 6.07) is -4.01. The summed E-state index contributed by atoms with van der Waals surface area (Å²) in [4.78, 5) is 62.1. The Balaban J connectivity index is 2.94. The first-order valence-electron chi connectivity index (χ1n) is 10.6. The maximum Gasteiger partial charge on any atom is 0.326 e. The number of carbonyl (C=O) groups excluding carboxylic acids is 4. The summed E-state index contributed by atoms with van der Waals surface area (Å²) >= 11 is 0. The van der Waals surface area contributed by atoms with Crippen LogP contribution in [0, 0.1) is 11.8 Å². The number of nitrogens with one attached hydrogen (secondary N) is 2. The Morgan fingerprint density at radius 1 is 1.13 bits per heavy atom. The maximum absolute atomic E-state index is 13.2. The number of rotatable bonds is 11. The van der Waals surface area contributed by atoms with E-state index in [1.54, 1.807) is 13.8 Å². The lowest BCUT2D eigenvalue weighted by molar-refractivity contribution is -0.146. The number of nitrogens with two attached hydrogens (primary N) is 2. The number of aliphatic carboxylic acids is 1. The molecule has 11 nitrogen and oxygen atoms in total. The molecule has 0 aromatic carbocycles. The van der Waals surface area contributed by atoms with E-state index in [-0.39, 0.29) is 11.8 Å². The van der Waals surface area contributed by atoms with Crippen LogP contribution in [0.25, 0.3) is 0 Å². The topological polar surface area (TPSA) is 185 Å². The van der Waals surface area contributed by atoms with Crippen LogP contribution in [0.15, 0.2) is 0 Å². The summed E-state index contributed by atoms with van der Waals surface area (Å²) < 4.78 is 0. The van der Waals surface area contributed by atoms with Crippen LogP contribution in [-0.2, 0) is 24.0 Å². The lowest BCUT2D eigenvalue weighted by Crippen LogP contribution is -2.58. The highest BCUT2D eigenvalue weighted by molar-refractivity contribution is 5.95. The minimum Gasteiger partial charge on any atom is -0.480 e. The third kappa shape index (κ3) is 7.20. The highest BCUT2D eigenvalue weighted by Crippen LogP contribution is 2.21. The normalized spacial score (nSPS) is 19.9. The van der Waals surface area contributed by atoms with Gasteiger partial charge in [0.05, 0.1) is 12.5 Å². The molecule has 1 heterocycles. The lowest BCUT2D eigenvalue weighted by Gasteiger charge is -2.32. The van der Waals surface area contributed by atoms with Crippen LogP contribution in [0.2, 0.25) is 0 Å². The van der Waals surface area contributed by atoms with Crippen LogP contribution >= 0.6 is 0 Å². The van der Waals surface area contributed by atoms with Crippen molar-refractivity contribution < 1.29 is 29.1 Å². The minimum absolute atomic E-state index is 0.0635. The predicted octanol–water partition coefficient (Wildman–Crippen LogP) is -1.06. The van der Waals surface area contributed by atoms with E-state index in [1.165, 1.54) is 4.90 Å². The molecule has 0 spiro atoms. The molecule has 176 valence electrons. The molecule has 0 aromatic rings. The fraction of sp³-hybridized carbons (Fsp3) is 0.750. The molecule has 0 bridgehead atoms. The number of hydrogen-bond donors (Lipinski definition) is 5. The van der Waals surface area contributed by atoms with Crippen molar-refractivity contribution in [3.05, 3.63) is 0 Å². The van der Waals surface area contributed by atoms with Crippen molar-refractivity contribution in [1.29, 1.82) is 0 Å². The quantitative estimate of drug-likeness (QED) is 0.270. The molecule has 0 radical (unpaired) electrons. The first kappa shape index (κ1) is 26.3. The highest BCUT2D eigenvalue weighted by atomic mass is 16.4. The van der Waals surface area contributed by atoms with E-state index in [1.807, 2.05) is 13.8 Å². The zero-order valence-electron chi connectivity index (χ0n) is 18.6. The van der Waals surface area contributed by atoms with Gasteiger partial charge in [0.25, 0.3) is 0 Å². The molecule has 1 saturated heterocycles. The van der Waals surface area contributed by atoms with E-state index in [0.717, 1.165) is 0 Å². The first-order chi connectivity index (χ1) is 14.4. The van der Waals surface area contributed by atoms with Crippen molar-refractivity contribution in [3.63, 3.8) is 0 Å². The van der Waals surface area contributed by atoms with Gasteiger partial charge in [0.1, 0.15) is 18.1 Å². The van der Waals surface area contributed by atoms with Gasteiger partial charge >= 0.3 is 5.97 Å². The number of carboxylic acids is 1. The number of carbonyl (C=O) groups is 5. The van der Waals surface area contributed by atoms with Gasteiger partial charge in [-0.15, -0.1) is 0 Å². The second kappa shape index (κ2) is 11.6. The Kier molecular flexibility index (Phi) is 9.89. The zero-order chi connectivity index (χ0) is 23.9. The summed E-state index contributed by atoms with van der Waals surface area (Å²) in [6.07, 6.45) is 1.04. The largest absolute Gasteiger partial charge is 0.480 e. The minimum atomic E-state index is -1.48. The molecule has 1 fully saturated rings. The van der Waals surface area contributed by atoms with Crippen LogP contribution in [0.1, 0.15) is 53.4 Å². The molecule has 5 unspecified atom stereocenters. The molecule has 31 heavy (non-hydrogen) atoms. The summed E-state index contributed by atoms with van der Waals surface area (Å²) in [7, 11) is 0. The molecule has 1 rings (SSSR count). The smallest absolute Gasteiger partial charge is 0.326 e. The van der Waals surface area contributed by atoms with Crippen LogP contribution in [0.4, 0.5) is 0 Å². The summed E-state index contributed by atoms with van der Waals surface area (Å²) in [5, 5.41) is 14.2. The third-order valence-electron chi connectivity index (χ3n) is 5.65. The van der Waals surface area contributed by atoms with Crippen LogP contribution in [0.5, 0.6) is 0 Å². The lowest BCUT2D eigenvalue weighted by atomic mass is 9.97. The van der Waals surface area contributed by atoms with Crippen LogP contribution < -0.4 is 22.1 Å². The molecule has 7 N–H and O–H groups in total. The molecule has 0 aromatic heterocycles. The van der Waals surface area contributed by atoms with E-state index in [4.69, 9.17) is 11.5 Å². The van der Waals surface area contributed by atoms with Gasteiger partial charge in [-0.1, -0.05) is 34.1 Å². The van der Waals surface area contributed by atoms with Gasteiger partial charge in [0.2, 0.25) is 23.6 Å². The van der Waals surface area contributed by atoms with Crippen molar-refractivity contribution in [2.45, 2.75) is 77.5 Å². The van der Waals surface area contributed by atoms with E-state index in [2.05, 4.69) is 10.6 Å². The molecular formula is C20H35N5O6. The number of hydrogen-bond acceptors (Lipinski definition) is 6. The summed E-state index contributed by atoms with van der Waals surface area (Å²) in [6.45, 7) is 7.61. The predicted molar refractivity (Wildman–Crippen MR) is 112 cm³/mol. The maximum atomic E-state index is 13.2. The molecule has 11 heteroatoms. The zero-order valence-corrected chi connectivity index (χ0v) is 18.6. The second-order valence-corrected chi connectivity index (χ2v) is 8.40. The Labute approximate surface area is 182 Å². The molecule has 5 atom stereocenters. The molecule has 0 aliphatic carbocycles. The average molecular weight is 442 g/mol. The van der Waals surface area contributed by atoms with Crippen molar-refractivity contribution in [1.82, 2.24) is 15.5 Å². The van der Waals surface area contributed by atoms with E-state index < -0.39 is 60.2 Å². The standard InChI is InChI=1S/C20H35N5O6/c1-5-11(4)15(22)18(28)24-16(10(2)3)19(29)25-8-6-7-13(25)17(27)23-12(20(30)31)9-14(21)26/h10-13,15-16H,5-9,22H2,1-4H3,(H2,21,26)(H,23,27)(H,24,28)(H,30,31). The Morgan fingerprint density at radius 3 is 2.23 bits per heavy atom. The molecule has 1 aliphatic rings. The fourth-order valence-electron chi connectivity index (χ4n) is 3.43. The number of amides is 4. The molecule has 1 aliphatic heterocycles. The SMILES string of the molecule is CCC(C)C(N)C(=O)NC(C(=O)N1CCCC1C(=O)NC(CC(N)=O)C(=O)O)C(C)C. The first-order valence-corrected chi connectivity index (χ1v) is 10.6. The number of primary amides is 1. The second-order valence-electron chi connectivity index (χ2n) is 8.40. The van der Waals surface area contributed by atoms with E-state index in [9.17, 15) is 29.1 Å². The van der Waals surface area contributed by atoms with Gasteiger partial charge in [-0.2, -0.15) is 0 Å². The third-order valence-corrected chi connectivity index (χ3v) is 5.65. The fourth-order valence-corrected chi connectivity index (χ4v) is 3.43. The van der Waals surface area contributed by atoms with Gasteiger partial charge in [-0.3, -0.25) is 19.2 Å². The number of likely N-dealkylation sites (tertiary alicyclic amines) is 1. The van der Waals surface area contributed by atoms with Crippen LogP contribution in [-0.4, -0.2) is 70.3 Å². The van der Waals surface area contributed by atoms with E-state index >= 15 is 0 Å². The number of nitrogens with zero attached hydrogens (tertiary/aromatic N) is 1. The van der Waals surface area contributed by atoms with Gasteiger partial charge < -0.3 is 32.1 Å². The van der Waals surface area contributed by atoms with Gasteiger partial charge in [0, 0.05) is 6.54 Å². The number of carboxylic acid groups (broad SMARTS) is 1. The average Bonchev–Trinajstić information content (AvgIpc) is 3.18. The van der Waals surface area contributed by atoms with Crippen molar-refractivity contribution in [2.24, 2.45) is 23.3 Å². The van der Waals surface area contributed by atoms with Gasteiger partial charge in [-0.05, 0) is 24.7 Å². The van der Waals surface area contributed by atoms with Gasteiger partial charge in [0.15, 0.2) is 0 Å². The molecule has 0 saturated carbocycles. The molecule has 4 amide bonds. The monoisotopic (exact) mass is 441 g/mol. The van der Waals surface area contributed by atoms with Crippen molar-refractivity contribution in [2.75, 3.05) is 6.54 Å².